The maximum absolute atomic E-state index is 3.53. The topological polar surface area (TPSA) is 12.0 Å². The van der Waals surface area contributed by atoms with Crippen molar-refractivity contribution in [1.29, 1.82) is 0 Å². The summed E-state index contributed by atoms with van der Waals surface area (Å²) in [5.74, 6) is 2.80. The van der Waals surface area contributed by atoms with Crippen LogP contribution in [0.5, 0.6) is 0 Å². The van der Waals surface area contributed by atoms with Gasteiger partial charge in [-0.2, -0.15) is 0 Å². The smallest absolute Gasteiger partial charge is 0.0106 e. The van der Waals surface area contributed by atoms with Gasteiger partial charge in [0.15, 0.2) is 0 Å². The molecular formula is C15H23NS. The van der Waals surface area contributed by atoms with E-state index in [2.05, 4.69) is 43.4 Å². The molecule has 94 valence electrons. The fourth-order valence-corrected chi connectivity index (χ4v) is 2.63. The zero-order chi connectivity index (χ0) is 12.1. The van der Waals surface area contributed by atoms with Crippen molar-refractivity contribution in [2.45, 2.75) is 37.5 Å². The SMILES string of the molecule is CC(C)c1ccc(SCCNCC2CC2)cc1. The van der Waals surface area contributed by atoms with E-state index < -0.39 is 0 Å². The summed E-state index contributed by atoms with van der Waals surface area (Å²) in [5.41, 5.74) is 1.43. The molecule has 0 heterocycles. The highest BCUT2D eigenvalue weighted by molar-refractivity contribution is 7.99. The van der Waals surface area contributed by atoms with Crippen LogP contribution in [0.15, 0.2) is 29.2 Å². The van der Waals surface area contributed by atoms with E-state index in [4.69, 9.17) is 0 Å². The van der Waals surface area contributed by atoms with Crippen LogP contribution in [0.1, 0.15) is 38.2 Å². The van der Waals surface area contributed by atoms with Gasteiger partial charge in [0.2, 0.25) is 0 Å². The van der Waals surface area contributed by atoms with Crippen molar-refractivity contribution >= 4 is 11.8 Å². The van der Waals surface area contributed by atoms with E-state index in [0.29, 0.717) is 5.92 Å². The third-order valence-corrected chi connectivity index (χ3v) is 4.24. The molecule has 0 unspecified atom stereocenters. The van der Waals surface area contributed by atoms with Gasteiger partial charge in [0, 0.05) is 17.2 Å². The molecule has 1 aromatic carbocycles. The normalized spacial score (nSPS) is 15.5. The summed E-state index contributed by atoms with van der Waals surface area (Å²) in [5, 5.41) is 3.53. The minimum absolute atomic E-state index is 0.634. The molecule has 0 spiro atoms. The Morgan fingerprint density at radius 3 is 2.53 bits per heavy atom. The monoisotopic (exact) mass is 249 g/mol. The summed E-state index contributed by atoms with van der Waals surface area (Å²) in [4.78, 5) is 1.39. The molecule has 2 rings (SSSR count). The molecule has 0 aliphatic heterocycles. The van der Waals surface area contributed by atoms with Crippen molar-refractivity contribution in [3.05, 3.63) is 29.8 Å². The van der Waals surface area contributed by atoms with Crippen molar-refractivity contribution in [1.82, 2.24) is 5.32 Å². The van der Waals surface area contributed by atoms with Crippen LogP contribution in [0.2, 0.25) is 0 Å². The van der Waals surface area contributed by atoms with E-state index in [9.17, 15) is 0 Å². The summed E-state index contributed by atoms with van der Waals surface area (Å²) in [6.07, 6.45) is 2.88. The van der Waals surface area contributed by atoms with Gasteiger partial charge in [-0.1, -0.05) is 26.0 Å². The fourth-order valence-electron chi connectivity index (χ4n) is 1.82. The predicted octanol–water partition coefficient (Wildman–Crippen LogP) is 3.90. The molecule has 0 atom stereocenters. The minimum Gasteiger partial charge on any atom is -0.316 e. The van der Waals surface area contributed by atoms with Gasteiger partial charge in [-0.05, 0) is 48.9 Å². The molecule has 1 aliphatic rings. The van der Waals surface area contributed by atoms with Crippen LogP contribution in [-0.2, 0) is 0 Å². The summed E-state index contributed by atoms with van der Waals surface area (Å²) in [6, 6.07) is 9.01. The number of thioether (sulfide) groups is 1. The number of nitrogens with one attached hydrogen (secondary N) is 1. The van der Waals surface area contributed by atoms with E-state index in [1.807, 2.05) is 11.8 Å². The molecule has 0 amide bonds. The van der Waals surface area contributed by atoms with Gasteiger partial charge in [0.1, 0.15) is 0 Å². The lowest BCUT2D eigenvalue weighted by molar-refractivity contribution is 0.666. The molecule has 0 radical (unpaired) electrons. The fraction of sp³-hybridized carbons (Fsp3) is 0.600. The first-order chi connectivity index (χ1) is 8.25. The van der Waals surface area contributed by atoms with Crippen molar-refractivity contribution in [3.63, 3.8) is 0 Å². The number of hydrogen-bond donors (Lipinski definition) is 1. The van der Waals surface area contributed by atoms with E-state index in [1.165, 1.54) is 35.6 Å². The second kappa shape index (κ2) is 6.46. The van der Waals surface area contributed by atoms with Crippen LogP contribution in [0.25, 0.3) is 0 Å². The molecule has 0 saturated heterocycles. The molecular weight excluding hydrogens is 226 g/mol. The van der Waals surface area contributed by atoms with E-state index in [0.717, 1.165) is 12.5 Å². The molecule has 1 N–H and O–H groups in total. The second-order valence-electron chi connectivity index (χ2n) is 5.22. The molecule has 1 saturated carbocycles. The van der Waals surface area contributed by atoms with Gasteiger partial charge in [0.05, 0.1) is 0 Å². The van der Waals surface area contributed by atoms with Crippen LogP contribution in [0, 0.1) is 5.92 Å². The maximum Gasteiger partial charge on any atom is 0.0106 e. The number of rotatable bonds is 7. The van der Waals surface area contributed by atoms with Gasteiger partial charge in [-0.3, -0.25) is 0 Å². The highest BCUT2D eigenvalue weighted by Crippen LogP contribution is 2.27. The summed E-state index contributed by atoms with van der Waals surface area (Å²) in [7, 11) is 0. The molecule has 1 aliphatic carbocycles. The Morgan fingerprint density at radius 1 is 1.24 bits per heavy atom. The molecule has 2 heteroatoms. The molecule has 1 aromatic rings. The molecule has 17 heavy (non-hydrogen) atoms. The maximum atomic E-state index is 3.53. The minimum atomic E-state index is 0.634. The van der Waals surface area contributed by atoms with Crippen LogP contribution in [-0.4, -0.2) is 18.8 Å². The third-order valence-electron chi connectivity index (χ3n) is 3.22. The molecule has 1 fully saturated rings. The van der Waals surface area contributed by atoms with Crippen molar-refractivity contribution < 1.29 is 0 Å². The Labute approximate surface area is 109 Å². The van der Waals surface area contributed by atoms with E-state index in [1.54, 1.807) is 0 Å². The Morgan fingerprint density at radius 2 is 1.94 bits per heavy atom. The number of benzene rings is 1. The third kappa shape index (κ3) is 4.72. The van der Waals surface area contributed by atoms with Crippen LogP contribution >= 0.6 is 11.8 Å². The van der Waals surface area contributed by atoms with Gasteiger partial charge >= 0.3 is 0 Å². The summed E-state index contributed by atoms with van der Waals surface area (Å²) < 4.78 is 0. The van der Waals surface area contributed by atoms with Crippen molar-refractivity contribution in [3.8, 4) is 0 Å². The Hall–Kier alpha value is -0.470. The Balaban J connectivity index is 1.63. The highest BCUT2D eigenvalue weighted by atomic mass is 32.2. The first-order valence-electron chi connectivity index (χ1n) is 6.69. The number of hydrogen-bond acceptors (Lipinski definition) is 2. The van der Waals surface area contributed by atoms with E-state index >= 15 is 0 Å². The zero-order valence-corrected chi connectivity index (χ0v) is 11.7. The predicted molar refractivity (Wildman–Crippen MR) is 76.8 cm³/mol. The lowest BCUT2D eigenvalue weighted by Crippen LogP contribution is -2.19. The van der Waals surface area contributed by atoms with Crippen LogP contribution < -0.4 is 5.32 Å². The molecule has 0 bridgehead atoms. The van der Waals surface area contributed by atoms with Gasteiger partial charge in [-0.15, -0.1) is 11.8 Å². The van der Waals surface area contributed by atoms with Crippen molar-refractivity contribution in [2.75, 3.05) is 18.8 Å². The molecule has 1 nitrogen and oxygen atoms in total. The second-order valence-corrected chi connectivity index (χ2v) is 6.39. The lowest BCUT2D eigenvalue weighted by Gasteiger charge is -2.07. The standard InChI is InChI=1S/C15H23NS/c1-12(2)14-5-7-15(8-6-14)17-10-9-16-11-13-3-4-13/h5-8,12-13,16H,3-4,9-11H2,1-2H3. The molecule has 0 aromatic heterocycles. The quantitative estimate of drug-likeness (QED) is 0.581. The van der Waals surface area contributed by atoms with Crippen molar-refractivity contribution in [2.24, 2.45) is 5.92 Å². The average molecular weight is 249 g/mol. The Bertz CT molecular complexity index is 327. The lowest BCUT2D eigenvalue weighted by atomic mass is 10.0. The first kappa shape index (κ1) is 13.0. The van der Waals surface area contributed by atoms with E-state index in [-0.39, 0.29) is 0 Å². The largest absolute Gasteiger partial charge is 0.316 e. The summed E-state index contributed by atoms with van der Waals surface area (Å²) >= 11 is 1.95. The van der Waals surface area contributed by atoms with Gasteiger partial charge in [0.25, 0.3) is 0 Å². The Kier molecular flexibility index (Phi) is 4.93. The zero-order valence-electron chi connectivity index (χ0n) is 10.9. The first-order valence-corrected chi connectivity index (χ1v) is 7.67. The van der Waals surface area contributed by atoms with Gasteiger partial charge < -0.3 is 5.32 Å². The summed E-state index contributed by atoms with van der Waals surface area (Å²) in [6.45, 7) is 6.84. The van der Waals surface area contributed by atoms with Crippen LogP contribution in [0.4, 0.5) is 0 Å². The average Bonchev–Trinajstić information content (AvgIpc) is 3.13. The van der Waals surface area contributed by atoms with Crippen LogP contribution in [0.3, 0.4) is 0 Å². The highest BCUT2D eigenvalue weighted by Gasteiger charge is 2.19. The van der Waals surface area contributed by atoms with Gasteiger partial charge in [-0.25, -0.2) is 0 Å².